The minimum absolute atomic E-state index is 0. The van der Waals surface area contributed by atoms with E-state index in [1.807, 2.05) is 66.1 Å². The molecule has 0 aliphatic carbocycles. The molecule has 0 amide bonds. The van der Waals surface area contributed by atoms with Crippen LogP contribution in [-0.4, -0.2) is 64.9 Å². The molecule has 0 fully saturated rings. The van der Waals surface area contributed by atoms with Crippen LogP contribution in [0.25, 0.3) is 16.7 Å². The quantitative estimate of drug-likeness (QED) is 0.310. The van der Waals surface area contributed by atoms with Crippen LogP contribution in [0, 0.1) is 0 Å². The minimum atomic E-state index is -0.362. The molecule has 9 heteroatoms. The first-order valence-electron chi connectivity index (χ1n) is 11.7. The second-order valence-electron chi connectivity index (χ2n) is 8.52. The summed E-state index contributed by atoms with van der Waals surface area (Å²) in [5.41, 5.74) is 5.56. The summed E-state index contributed by atoms with van der Waals surface area (Å²) < 4.78 is 25.2. The molecule has 2 aliphatic heterocycles. The number of nitrogens with one attached hydrogen (secondary N) is 1. The molecule has 8 nitrogen and oxygen atoms in total. The number of fused-ring (bicyclic) bond motifs is 3. The first-order valence-corrected chi connectivity index (χ1v) is 11.7. The maximum Gasteiger partial charge on any atom is 0.303 e. The number of aromatic nitrogens is 2. The number of anilines is 1. The molecule has 3 heterocycles. The van der Waals surface area contributed by atoms with Gasteiger partial charge in [0.15, 0.2) is 6.10 Å². The number of hydrogen-bond acceptors (Lipinski definition) is 7. The van der Waals surface area contributed by atoms with Gasteiger partial charge in [0.1, 0.15) is 24.7 Å². The van der Waals surface area contributed by atoms with E-state index in [2.05, 4.69) is 16.4 Å². The molecule has 3 aromatic carbocycles. The van der Waals surface area contributed by atoms with Crippen molar-refractivity contribution in [1.29, 1.82) is 0 Å². The van der Waals surface area contributed by atoms with Gasteiger partial charge in [-0.3, -0.25) is 9.36 Å². The molecule has 0 unspecified atom stereocenters. The van der Waals surface area contributed by atoms with Crippen LogP contribution in [0.1, 0.15) is 37.1 Å². The number of benzene rings is 3. The average molecular weight is 495 g/mol. The number of para-hydroxylation sites is 3. The summed E-state index contributed by atoms with van der Waals surface area (Å²) in [6, 6.07) is 20.4. The van der Waals surface area contributed by atoms with Gasteiger partial charge in [0.05, 0.1) is 29.4 Å². The van der Waals surface area contributed by atoms with Crippen molar-refractivity contribution in [3.05, 3.63) is 71.8 Å². The Labute approximate surface area is 230 Å². The number of ether oxygens (including phenoxy) is 4. The van der Waals surface area contributed by atoms with E-state index in [1.54, 1.807) is 0 Å². The molecule has 0 saturated heterocycles. The Kier molecular flexibility index (Phi) is 6.83. The normalized spacial score (nSPS) is 17.4. The fourth-order valence-corrected chi connectivity index (χ4v) is 4.76. The zero-order valence-corrected chi connectivity index (χ0v) is 22.5. The number of hydrogen-bond donors (Lipinski definition) is 1. The zero-order valence-electron chi connectivity index (χ0n) is 20.5. The summed E-state index contributed by atoms with van der Waals surface area (Å²) in [6.45, 7) is 4.69. The van der Waals surface area contributed by atoms with Gasteiger partial charge >= 0.3 is 12.0 Å². The third-order valence-corrected chi connectivity index (χ3v) is 6.24. The average Bonchev–Trinajstić information content (AvgIpc) is 3.54. The Morgan fingerprint density at radius 2 is 1.94 bits per heavy atom. The fraction of sp³-hybridized carbons (Fsp3) is 0.259. The Hall–Kier alpha value is -3.20. The predicted molar refractivity (Wildman–Crippen MR) is 136 cm³/mol. The van der Waals surface area contributed by atoms with Gasteiger partial charge in [0, 0.05) is 59.4 Å². The monoisotopic (exact) mass is 494 g/mol. The van der Waals surface area contributed by atoms with Crippen LogP contribution in [0.5, 0.6) is 17.5 Å². The van der Waals surface area contributed by atoms with Gasteiger partial charge in [-0.2, -0.15) is 4.98 Å². The molecular weight excluding hydrogens is 469 g/mol. The van der Waals surface area contributed by atoms with Crippen LogP contribution < -0.4 is 19.5 Å². The topological polar surface area (TPSA) is 83.8 Å². The first kappa shape index (κ1) is 24.5. The molecular formula is C27H25N3NaO5. The minimum Gasteiger partial charge on any atom is -0.489 e. The van der Waals surface area contributed by atoms with Crippen molar-refractivity contribution < 1.29 is 23.7 Å². The van der Waals surface area contributed by atoms with Crippen LogP contribution in [0.4, 0.5) is 5.69 Å². The van der Waals surface area contributed by atoms with Gasteiger partial charge in [-0.25, -0.2) is 0 Å². The summed E-state index contributed by atoms with van der Waals surface area (Å²) in [5, 5.41) is 3.56. The van der Waals surface area contributed by atoms with Gasteiger partial charge in [-0.1, -0.05) is 24.3 Å². The van der Waals surface area contributed by atoms with Crippen LogP contribution in [0.2, 0.25) is 0 Å². The first-order chi connectivity index (χ1) is 17.1. The molecule has 0 bridgehead atoms. The number of carbonyl (C=O) groups is 1. The SMILES string of the molecule is CCOc1nc2ccccc2n1-c1cccc2c1OC[C@H]2Nc1ccc2c(c1)OC[C@H]2OC(C)=O.[Na]. The zero-order chi connectivity index (χ0) is 23.9. The largest absolute Gasteiger partial charge is 0.489 e. The van der Waals surface area contributed by atoms with Crippen molar-refractivity contribution in [2.45, 2.75) is 26.0 Å². The van der Waals surface area contributed by atoms with Gasteiger partial charge in [-0.15, -0.1) is 0 Å². The molecule has 2 atom stereocenters. The third-order valence-electron chi connectivity index (χ3n) is 6.24. The van der Waals surface area contributed by atoms with Crippen LogP contribution in [0.3, 0.4) is 0 Å². The summed E-state index contributed by atoms with van der Waals surface area (Å²) in [5.74, 6) is 1.21. The van der Waals surface area contributed by atoms with E-state index in [9.17, 15) is 4.79 Å². The van der Waals surface area contributed by atoms with Crippen molar-refractivity contribution in [1.82, 2.24) is 9.55 Å². The number of esters is 1. The summed E-state index contributed by atoms with van der Waals surface area (Å²) >= 11 is 0. The van der Waals surface area contributed by atoms with Crippen molar-refractivity contribution in [3.8, 4) is 23.2 Å². The summed E-state index contributed by atoms with van der Waals surface area (Å²) in [6.07, 6.45) is -0.362. The summed E-state index contributed by atoms with van der Waals surface area (Å²) in [7, 11) is 0. The Morgan fingerprint density at radius 1 is 1.08 bits per heavy atom. The van der Waals surface area contributed by atoms with Crippen molar-refractivity contribution in [3.63, 3.8) is 0 Å². The van der Waals surface area contributed by atoms with E-state index >= 15 is 0 Å². The van der Waals surface area contributed by atoms with Crippen LogP contribution in [-0.2, 0) is 9.53 Å². The van der Waals surface area contributed by atoms with Crippen LogP contribution >= 0.6 is 0 Å². The van der Waals surface area contributed by atoms with E-state index in [0.29, 0.717) is 25.8 Å². The molecule has 36 heavy (non-hydrogen) atoms. The van der Waals surface area contributed by atoms with Crippen molar-refractivity contribution >= 4 is 52.2 Å². The van der Waals surface area contributed by atoms with Gasteiger partial charge in [-0.05, 0) is 37.3 Å². The number of nitrogens with zero attached hydrogens (tertiary/aromatic N) is 2. The fourth-order valence-electron chi connectivity index (χ4n) is 4.76. The van der Waals surface area contributed by atoms with E-state index in [1.165, 1.54) is 6.92 Å². The number of rotatable bonds is 6. The number of imidazole rings is 1. The molecule has 2 aliphatic rings. The van der Waals surface area contributed by atoms with E-state index in [0.717, 1.165) is 45.0 Å². The standard InChI is InChI=1S/C27H25N3O5.Na/c1-3-32-27-29-20-8-4-5-9-22(20)30(27)23-10-6-7-18-21(14-34-26(18)23)28-17-11-12-19-24(13-17)33-15-25(19)35-16(2)31;/h4-13,21,25,28H,3,14-15H2,1-2H3;/t21-,25-;/m1./s1. The maximum absolute atomic E-state index is 11.3. The molecule has 6 rings (SSSR count). The Morgan fingerprint density at radius 3 is 2.78 bits per heavy atom. The van der Waals surface area contributed by atoms with Gasteiger partial charge < -0.3 is 24.3 Å². The second-order valence-corrected chi connectivity index (χ2v) is 8.52. The van der Waals surface area contributed by atoms with Gasteiger partial charge in [0.2, 0.25) is 0 Å². The van der Waals surface area contributed by atoms with Crippen molar-refractivity contribution in [2.24, 2.45) is 0 Å². The Balaban J connectivity index is 0.00000267. The molecule has 0 spiro atoms. The molecule has 1 aromatic heterocycles. The second kappa shape index (κ2) is 10.0. The third kappa shape index (κ3) is 4.30. The molecule has 0 saturated carbocycles. The van der Waals surface area contributed by atoms with Crippen molar-refractivity contribution in [2.75, 3.05) is 25.1 Å². The number of carbonyl (C=O) groups excluding carboxylic acids is 1. The maximum atomic E-state index is 11.3. The van der Waals surface area contributed by atoms with E-state index < -0.39 is 0 Å². The van der Waals surface area contributed by atoms with Crippen LogP contribution in [0.15, 0.2) is 60.7 Å². The van der Waals surface area contributed by atoms with E-state index in [-0.39, 0.29) is 47.7 Å². The van der Waals surface area contributed by atoms with E-state index in [4.69, 9.17) is 18.9 Å². The summed E-state index contributed by atoms with van der Waals surface area (Å²) in [4.78, 5) is 16.0. The van der Waals surface area contributed by atoms with Gasteiger partial charge in [0.25, 0.3) is 0 Å². The predicted octanol–water partition coefficient (Wildman–Crippen LogP) is 4.59. The molecule has 4 aromatic rings. The molecule has 1 N–H and O–H groups in total. The smallest absolute Gasteiger partial charge is 0.303 e. The Bertz CT molecular complexity index is 1440. The molecule has 179 valence electrons. The molecule has 1 radical (unpaired) electrons.